The number of hydrogen-bond donors (Lipinski definition) is 1. The van der Waals surface area contributed by atoms with E-state index in [0.717, 1.165) is 0 Å². The fourth-order valence-corrected chi connectivity index (χ4v) is 1.21. The molecule has 90 valence electrons. The number of nitrogens with zero attached hydrogens (tertiary/aromatic N) is 2. The van der Waals surface area contributed by atoms with E-state index in [2.05, 4.69) is 10.1 Å². The van der Waals surface area contributed by atoms with Crippen LogP contribution in [-0.4, -0.2) is 16.0 Å². The molecule has 6 nitrogen and oxygen atoms in total. The topological polar surface area (TPSA) is 95.2 Å². The Labute approximate surface area is 97.8 Å². The normalized spacial score (nSPS) is 11.7. The number of carbonyl (C=O) groups excluding carboxylic acids is 1. The molecule has 17 heavy (non-hydrogen) atoms. The Morgan fingerprint density at radius 3 is 2.53 bits per heavy atom. The lowest BCUT2D eigenvalue weighted by Gasteiger charge is -2.10. The first-order valence-electron chi connectivity index (χ1n) is 5.12. The zero-order chi connectivity index (χ0) is 12.6. The van der Waals surface area contributed by atoms with Gasteiger partial charge in [0.15, 0.2) is 17.3 Å². The van der Waals surface area contributed by atoms with Crippen LogP contribution in [0.5, 0.6) is 0 Å². The minimum absolute atomic E-state index is 0.0653. The highest BCUT2D eigenvalue weighted by Gasteiger charge is 2.23. The average molecular weight is 235 g/mol. The predicted molar refractivity (Wildman–Crippen MR) is 59.2 cm³/mol. The smallest absolute Gasteiger partial charge is 0.293 e. The summed E-state index contributed by atoms with van der Waals surface area (Å²) in [6.45, 7) is 5.91. The molecule has 2 heterocycles. The van der Waals surface area contributed by atoms with Gasteiger partial charge in [0, 0.05) is 5.41 Å². The fraction of sp³-hybridized carbons (Fsp3) is 0.364. The van der Waals surface area contributed by atoms with Gasteiger partial charge in [-0.1, -0.05) is 25.9 Å². The third-order valence-corrected chi connectivity index (χ3v) is 2.16. The molecule has 6 heteroatoms. The van der Waals surface area contributed by atoms with E-state index in [1.807, 2.05) is 20.8 Å². The number of furan rings is 1. The van der Waals surface area contributed by atoms with Gasteiger partial charge in [0.05, 0.1) is 0 Å². The van der Waals surface area contributed by atoms with Crippen molar-refractivity contribution in [2.45, 2.75) is 26.2 Å². The lowest BCUT2D eigenvalue weighted by Crippen LogP contribution is -2.13. The van der Waals surface area contributed by atoms with Crippen LogP contribution in [0.3, 0.4) is 0 Å². The summed E-state index contributed by atoms with van der Waals surface area (Å²) in [4.78, 5) is 15.1. The maximum Gasteiger partial charge on any atom is 0.293 e. The molecule has 2 rings (SSSR count). The summed E-state index contributed by atoms with van der Waals surface area (Å²) in [5, 5.41) is 3.86. The molecule has 2 N–H and O–H groups in total. The van der Waals surface area contributed by atoms with Crippen LogP contribution in [0.15, 0.2) is 21.1 Å². The van der Waals surface area contributed by atoms with Gasteiger partial charge in [-0.3, -0.25) is 4.79 Å². The lowest BCUT2D eigenvalue weighted by molar-refractivity contribution is 0.0974. The summed E-state index contributed by atoms with van der Waals surface area (Å²) >= 11 is 0. The molecule has 0 fully saturated rings. The number of nitrogens with two attached hydrogens (primary N) is 1. The van der Waals surface area contributed by atoms with Crippen molar-refractivity contribution in [3.05, 3.63) is 23.7 Å². The van der Waals surface area contributed by atoms with Gasteiger partial charge in [0.1, 0.15) is 0 Å². The van der Waals surface area contributed by atoms with Gasteiger partial charge in [-0.15, -0.1) is 0 Å². The zero-order valence-corrected chi connectivity index (χ0v) is 9.85. The van der Waals surface area contributed by atoms with Crippen molar-refractivity contribution in [3.63, 3.8) is 0 Å². The summed E-state index contributed by atoms with van der Waals surface area (Å²) in [6.07, 6.45) is 0. The van der Waals surface area contributed by atoms with Crippen molar-refractivity contribution in [1.29, 1.82) is 0 Å². The number of primary amides is 1. The zero-order valence-electron chi connectivity index (χ0n) is 9.85. The van der Waals surface area contributed by atoms with Gasteiger partial charge in [0.25, 0.3) is 11.8 Å². The van der Waals surface area contributed by atoms with Gasteiger partial charge < -0.3 is 14.7 Å². The number of carbonyl (C=O) groups is 1. The summed E-state index contributed by atoms with van der Waals surface area (Å²) in [7, 11) is 0. The van der Waals surface area contributed by atoms with Gasteiger partial charge in [0.2, 0.25) is 0 Å². The molecule has 0 aliphatic rings. The van der Waals surface area contributed by atoms with Gasteiger partial charge in [-0.2, -0.15) is 4.98 Å². The van der Waals surface area contributed by atoms with Crippen LogP contribution < -0.4 is 5.73 Å². The Balaban J connectivity index is 2.34. The van der Waals surface area contributed by atoms with Crippen molar-refractivity contribution in [1.82, 2.24) is 10.1 Å². The predicted octanol–water partition coefficient (Wildman–Crippen LogP) is 1.73. The van der Waals surface area contributed by atoms with E-state index in [9.17, 15) is 4.79 Å². The first-order chi connectivity index (χ1) is 7.88. The highest BCUT2D eigenvalue weighted by atomic mass is 16.5. The van der Waals surface area contributed by atoms with E-state index >= 15 is 0 Å². The number of amides is 1. The Kier molecular flexibility index (Phi) is 2.49. The van der Waals surface area contributed by atoms with Crippen LogP contribution in [0.2, 0.25) is 0 Å². The maximum atomic E-state index is 10.9. The quantitative estimate of drug-likeness (QED) is 0.855. The van der Waals surface area contributed by atoms with Crippen molar-refractivity contribution >= 4 is 5.91 Å². The van der Waals surface area contributed by atoms with E-state index < -0.39 is 5.91 Å². The molecule has 0 bridgehead atoms. The van der Waals surface area contributed by atoms with Gasteiger partial charge in [-0.05, 0) is 12.1 Å². The van der Waals surface area contributed by atoms with E-state index in [1.165, 1.54) is 6.07 Å². The Hall–Kier alpha value is -2.11. The summed E-state index contributed by atoms with van der Waals surface area (Å²) in [5.41, 5.74) is 4.87. The maximum absolute atomic E-state index is 10.9. The van der Waals surface area contributed by atoms with E-state index in [1.54, 1.807) is 6.07 Å². The summed E-state index contributed by atoms with van der Waals surface area (Å²) in [6, 6.07) is 3.04. The minimum atomic E-state index is -0.633. The highest BCUT2D eigenvalue weighted by molar-refractivity contribution is 5.90. The number of aromatic nitrogens is 2. The molecule has 0 atom stereocenters. The SMILES string of the molecule is CC(C)(C)c1noc(-c2ccc(C(N)=O)o2)n1. The van der Waals surface area contributed by atoms with Crippen LogP contribution in [0.25, 0.3) is 11.7 Å². The molecule has 0 spiro atoms. The Morgan fingerprint density at radius 2 is 2.06 bits per heavy atom. The minimum Gasteiger partial charge on any atom is -0.446 e. The summed E-state index contributed by atoms with van der Waals surface area (Å²) in [5.74, 6) is 0.580. The second-order valence-corrected chi connectivity index (χ2v) is 4.70. The molecular weight excluding hydrogens is 222 g/mol. The Bertz CT molecular complexity index is 548. The second-order valence-electron chi connectivity index (χ2n) is 4.70. The first-order valence-corrected chi connectivity index (χ1v) is 5.12. The van der Waals surface area contributed by atoms with Crippen molar-refractivity contribution in [2.75, 3.05) is 0 Å². The van der Waals surface area contributed by atoms with Crippen LogP contribution >= 0.6 is 0 Å². The molecule has 2 aromatic heterocycles. The molecule has 0 aliphatic carbocycles. The standard InChI is InChI=1S/C11H13N3O3/c1-11(2,3)10-13-9(17-14-10)7-5-4-6(16-7)8(12)15/h4-5H,1-3H3,(H2,12,15). The van der Waals surface area contributed by atoms with Crippen LogP contribution in [0.1, 0.15) is 37.2 Å². The third kappa shape index (κ3) is 2.20. The molecular formula is C11H13N3O3. The van der Waals surface area contributed by atoms with Gasteiger partial charge in [-0.25, -0.2) is 0 Å². The average Bonchev–Trinajstić information content (AvgIpc) is 2.85. The second kappa shape index (κ2) is 3.73. The van der Waals surface area contributed by atoms with Crippen LogP contribution in [0.4, 0.5) is 0 Å². The number of hydrogen-bond acceptors (Lipinski definition) is 5. The molecule has 0 aliphatic heterocycles. The fourth-order valence-electron chi connectivity index (χ4n) is 1.21. The lowest BCUT2D eigenvalue weighted by atomic mass is 9.96. The molecule has 0 saturated carbocycles. The molecule has 0 aromatic carbocycles. The molecule has 2 aromatic rings. The Morgan fingerprint density at radius 1 is 1.35 bits per heavy atom. The summed E-state index contributed by atoms with van der Waals surface area (Å²) < 4.78 is 10.2. The van der Waals surface area contributed by atoms with Crippen molar-refractivity contribution < 1.29 is 13.7 Å². The molecule has 0 radical (unpaired) electrons. The van der Waals surface area contributed by atoms with Crippen LogP contribution in [0, 0.1) is 0 Å². The van der Waals surface area contributed by atoms with E-state index in [4.69, 9.17) is 14.7 Å². The van der Waals surface area contributed by atoms with Gasteiger partial charge >= 0.3 is 0 Å². The van der Waals surface area contributed by atoms with E-state index in [0.29, 0.717) is 11.6 Å². The van der Waals surface area contributed by atoms with Crippen molar-refractivity contribution in [2.24, 2.45) is 5.73 Å². The largest absolute Gasteiger partial charge is 0.446 e. The molecule has 0 saturated heterocycles. The van der Waals surface area contributed by atoms with Crippen molar-refractivity contribution in [3.8, 4) is 11.7 Å². The van der Waals surface area contributed by atoms with Crippen LogP contribution in [-0.2, 0) is 5.41 Å². The third-order valence-electron chi connectivity index (χ3n) is 2.16. The molecule has 0 unspecified atom stereocenters. The van der Waals surface area contributed by atoms with E-state index in [-0.39, 0.29) is 17.1 Å². The molecule has 1 amide bonds. The number of rotatable bonds is 2. The highest BCUT2D eigenvalue weighted by Crippen LogP contribution is 2.24. The monoisotopic (exact) mass is 235 g/mol. The first kappa shape index (κ1) is 11.4.